The number of rotatable bonds is 77. The molecule has 0 N–H and O–H groups in total. The van der Waals surface area contributed by atoms with Gasteiger partial charge in [-0.25, -0.2) is 0 Å². The number of hydrogen-bond acceptors (Lipinski definition) is 4. The fourth-order valence-electron chi connectivity index (χ4n) is 14.0. The summed E-state index contributed by atoms with van der Waals surface area (Å²) in [6.45, 7) is 18.1. The molecule has 0 aliphatic rings. The van der Waals surface area contributed by atoms with Gasteiger partial charge in [-0.05, 0) is 228 Å². The molecule has 0 rings (SSSR count). The van der Waals surface area contributed by atoms with E-state index in [0.29, 0.717) is 5.54 Å². The van der Waals surface area contributed by atoms with Gasteiger partial charge in [-0.1, -0.05) is 320 Å². The van der Waals surface area contributed by atoms with Crippen molar-refractivity contribution in [1.82, 2.24) is 19.6 Å². The number of allylic oxidation sites excluding steroid dienone is 8. The van der Waals surface area contributed by atoms with Crippen molar-refractivity contribution in [2.45, 2.75) is 431 Å². The van der Waals surface area contributed by atoms with E-state index < -0.39 is 0 Å². The molecule has 4 heteroatoms. The number of hydrogen-bond donors (Lipinski definition) is 0. The first kappa shape index (κ1) is 88.8. The highest BCUT2D eigenvalue weighted by atomic mass is 15.2. The van der Waals surface area contributed by atoms with Crippen molar-refractivity contribution in [2.24, 2.45) is 0 Å². The quantitative estimate of drug-likeness (QED) is 0.0444. The molecule has 0 fully saturated rings. The van der Waals surface area contributed by atoms with E-state index in [1.54, 1.807) is 0 Å². The van der Waals surface area contributed by atoms with Crippen LogP contribution in [0.2, 0.25) is 0 Å². The average Bonchev–Trinajstić information content (AvgIpc) is 1.29. The molecule has 90 heavy (non-hydrogen) atoms. The predicted octanol–water partition coefficient (Wildman–Crippen LogP) is 27.9. The number of unbranched alkanes of at least 4 members (excludes halogenated alkanes) is 49. The molecule has 0 bridgehead atoms. The van der Waals surface area contributed by atoms with Gasteiger partial charge in [-0.15, -0.1) is 0 Å². The minimum absolute atomic E-state index is 0.326. The monoisotopic (exact) mass is 1260 g/mol. The Bertz CT molecular complexity index is 1360. The van der Waals surface area contributed by atoms with Crippen LogP contribution in [0.15, 0.2) is 48.6 Å². The van der Waals surface area contributed by atoms with Crippen LogP contribution in [0.1, 0.15) is 426 Å². The third-order valence-corrected chi connectivity index (χ3v) is 20.3. The fraction of sp³-hybridized carbons (Fsp3) is 0.907. The highest BCUT2D eigenvalue weighted by Gasteiger charge is 2.35. The van der Waals surface area contributed by atoms with Crippen LogP contribution in [0, 0.1) is 0 Å². The van der Waals surface area contributed by atoms with Crippen LogP contribution >= 0.6 is 0 Å². The van der Waals surface area contributed by atoms with Crippen LogP contribution in [0.5, 0.6) is 0 Å². The first-order valence-corrected chi connectivity index (χ1v) is 41.7. The Morgan fingerprint density at radius 2 is 0.400 bits per heavy atom. The largest absolute Gasteiger partial charge is 0.309 e. The minimum atomic E-state index is 0.326. The fourth-order valence-corrected chi connectivity index (χ4v) is 14.0. The lowest BCUT2D eigenvalue weighted by molar-refractivity contribution is 0.0431. The topological polar surface area (TPSA) is 13.0 Å². The SMILES string of the molecule is CCCCCCCC/C=C\CCCCCCCCN(CCCCCCCC/C=C\CCCCCCCC)C(CCCCCCCC/C=C\CCCCCCCC)(CCCCCCCC/C=C\CCCCCCCC)CCN(C)CCCCN(C)CCCN(C)C. The second-order valence-electron chi connectivity index (χ2n) is 29.7. The van der Waals surface area contributed by atoms with E-state index in [2.05, 4.69) is 124 Å². The van der Waals surface area contributed by atoms with Crippen molar-refractivity contribution in [3.05, 3.63) is 48.6 Å². The van der Waals surface area contributed by atoms with Crippen molar-refractivity contribution in [3.8, 4) is 0 Å². The van der Waals surface area contributed by atoms with Gasteiger partial charge in [0.25, 0.3) is 0 Å². The first-order valence-electron chi connectivity index (χ1n) is 41.7. The summed E-state index contributed by atoms with van der Waals surface area (Å²) in [5, 5.41) is 0. The molecule has 0 amide bonds. The van der Waals surface area contributed by atoms with Crippen LogP contribution in [-0.2, 0) is 0 Å². The van der Waals surface area contributed by atoms with Crippen molar-refractivity contribution in [3.63, 3.8) is 0 Å². The maximum Gasteiger partial charge on any atom is 0.0221 e. The Balaban J connectivity index is 6.18. The van der Waals surface area contributed by atoms with Crippen molar-refractivity contribution >= 4 is 0 Å². The van der Waals surface area contributed by atoms with Gasteiger partial charge in [0.15, 0.2) is 0 Å². The summed E-state index contributed by atoms with van der Waals surface area (Å²) in [5.74, 6) is 0. The summed E-state index contributed by atoms with van der Waals surface area (Å²) in [6, 6.07) is 0. The minimum Gasteiger partial charge on any atom is -0.309 e. The molecule has 0 aliphatic heterocycles. The third kappa shape index (κ3) is 66.8. The molecular weight excluding hydrogens is 1090 g/mol. The summed E-state index contributed by atoms with van der Waals surface area (Å²) >= 11 is 0. The van der Waals surface area contributed by atoms with E-state index >= 15 is 0 Å². The van der Waals surface area contributed by atoms with Crippen molar-refractivity contribution in [2.75, 3.05) is 74.0 Å². The van der Waals surface area contributed by atoms with Gasteiger partial charge in [0.1, 0.15) is 0 Å². The zero-order valence-corrected chi connectivity index (χ0v) is 63.7. The van der Waals surface area contributed by atoms with Crippen molar-refractivity contribution in [1.29, 1.82) is 0 Å². The summed E-state index contributed by atoms with van der Waals surface area (Å²) in [6.07, 6.45) is 106. The Morgan fingerprint density at radius 1 is 0.189 bits per heavy atom. The van der Waals surface area contributed by atoms with Gasteiger partial charge >= 0.3 is 0 Å². The lowest BCUT2D eigenvalue weighted by Crippen LogP contribution is -2.51. The van der Waals surface area contributed by atoms with Gasteiger partial charge in [-0.3, -0.25) is 4.90 Å². The molecule has 0 heterocycles. The predicted molar refractivity (Wildman–Crippen MR) is 413 cm³/mol. The van der Waals surface area contributed by atoms with E-state index in [-0.39, 0.29) is 0 Å². The molecule has 0 spiro atoms. The van der Waals surface area contributed by atoms with Crippen LogP contribution < -0.4 is 0 Å². The van der Waals surface area contributed by atoms with Crippen molar-refractivity contribution < 1.29 is 0 Å². The van der Waals surface area contributed by atoms with E-state index in [0.717, 1.165) is 0 Å². The van der Waals surface area contributed by atoms with Gasteiger partial charge in [0, 0.05) is 5.54 Å². The van der Waals surface area contributed by atoms with E-state index in [4.69, 9.17) is 0 Å². The van der Waals surface area contributed by atoms with Gasteiger partial charge in [-0.2, -0.15) is 0 Å². The standard InChI is InChI=1S/C86H170N4/c1-9-13-17-21-25-29-33-37-41-45-49-53-57-61-65-69-76-86(78-85-89(8)81-74-73-80-88(7)82-75-79-87(5)6,77-70-66-62-58-54-50-46-42-38-34-30-26-22-18-14-10-2)90(83-71-67-63-59-55-51-47-43-39-35-31-27-23-19-15-11-3)84-72-68-64-60-56-52-48-44-40-36-32-28-24-20-16-12-4/h37-44H,9-36,45-85H2,1-8H3/b41-37-,42-38-,43-39-,44-40-. The smallest absolute Gasteiger partial charge is 0.0221 e. The summed E-state index contributed by atoms with van der Waals surface area (Å²) < 4.78 is 0. The molecule has 4 nitrogen and oxygen atoms in total. The second kappa shape index (κ2) is 75.2. The normalized spacial score (nSPS) is 12.6. The zero-order chi connectivity index (χ0) is 65.3. The van der Waals surface area contributed by atoms with Crippen LogP contribution in [0.25, 0.3) is 0 Å². The van der Waals surface area contributed by atoms with Crippen LogP contribution in [0.3, 0.4) is 0 Å². The Morgan fingerprint density at radius 3 is 0.667 bits per heavy atom. The Hall–Kier alpha value is -1.20. The average molecular weight is 1260 g/mol. The molecule has 0 aromatic heterocycles. The Kier molecular flexibility index (Phi) is 74.2. The second-order valence-corrected chi connectivity index (χ2v) is 29.7. The molecule has 0 aliphatic carbocycles. The molecule has 0 aromatic rings. The van der Waals surface area contributed by atoms with Gasteiger partial charge in [0.2, 0.25) is 0 Å². The number of nitrogens with zero attached hydrogens (tertiary/aromatic N) is 4. The molecule has 0 atom stereocenters. The van der Waals surface area contributed by atoms with E-state index in [1.165, 1.54) is 444 Å². The Labute approximate surface area is 570 Å². The lowest BCUT2D eigenvalue weighted by Gasteiger charge is -2.46. The maximum absolute atomic E-state index is 3.22. The zero-order valence-electron chi connectivity index (χ0n) is 63.7. The van der Waals surface area contributed by atoms with Gasteiger partial charge in [0.05, 0.1) is 0 Å². The summed E-state index contributed by atoms with van der Waals surface area (Å²) in [4.78, 5) is 10.9. The van der Waals surface area contributed by atoms with Crippen LogP contribution in [0.4, 0.5) is 0 Å². The lowest BCUT2D eigenvalue weighted by atomic mass is 9.80. The highest BCUT2D eigenvalue weighted by molar-refractivity contribution is 4.93. The molecule has 0 unspecified atom stereocenters. The molecule has 534 valence electrons. The maximum atomic E-state index is 3.22. The molecular formula is C86H170N4. The highest BCUT2D eigenvalue weighted by Crippen LogP contribution is 2.35. The molecule has 0 radical (unpaired) electrons. The molecule has 0 saturated carbocycles. The van der Waals surface area contributed by atoms with E-state index in [1.807, 2.05) is 0 Å². The molecule has 0 saturated heterocycles. The van der Waals surface area contributed by atoms with Crippen LogP contribution in [-0.4, -0.2) is 99.1 Å². The first-order chi connectivity index (χ1) is 44.3. The molecule has 0 aromatic carbocycles. The van der Waals surface area contributed by atoms with Gasteiger partial charge < -0.3 is 14.7 Å². The van der Waals surface area contributed by atoms with E-state index in [9.17, 15) is 0 Å². The summed E-state index contributed by atoms with van der Waals surface area (Å²) in [5.41, 5.74) is 0.326. The third-order valence-electron chi connectivity index (χ3n) is 20.3. The summed E-state index contributed by atoms with van der Waals surface area (Å²) in [7, 11) is 9.26.